The van der Waals surface area contributed by atoms with E-state index in [0.717, 1.165) is 127 Å². The smallest absolute Gasteiger partial charge is 0.418 e. The Hall–Kier alpha value is -2.92. The molecule has 0 bridgehead atoms. The standard InChI is InChI=1S/C42H46N8O4S8/c1-49-21-11-13-27(25-49)35-37(47-61-45-35)55-23-9-7-19-33(59-41-43-29-15-3-5-17-31(29)57-41)53-39(51)40(52)54-34(60-42-44-30-16-4-6-18-32(30)58-42)20-8-10-24-56-38-36(46-62-48-38)28-14-12-22-50(2)26-28/h3-6,13-18,33-34H,7-12,19-26H2,1-2H3. The molecule has 2 aromatic carbocycles. The number of ether oxygens (including phenoxy) is 2. The van der Waals surface area contributed by atoms with E-state index in [1.165, 1.54) is 58.1 Å². The van der Waals surface area contributed by atoms with Gasteiger partial charge in [0.2, 0.25) is 0 Å². The number of likely N-dealkylation sites (N-methyl/N-ethyl adjacent to an activating group) is 2. The largest absolute Gasteiger partial charge is 0.442 e. The highest BCUT2D eigenvalue weighted by molar-refractivity contribution is 8.02. The molecule has 0 radical (unpaired) electrons. The molecule has 6 heterocycles. The Morgan fingerprint density at radius 2 is 1.10 bits per heavy atom. The zero-order valence-corrected chi connectivity index (χ0v) is 40.8. The van der Waals surface area contributed by atoms with E-state index in [1.807, 2.05) is 48.5 Å². The first-order valence-electron chi connectivity index (χ1n) is 20.5. The maximum Gasteiger partial charge on any atom is 0.418 e. The second-order valence-electron chi connectivity index (χ2n) is 14.8. The highest BCUT2D eigenvalue weighted by Gasteiger charge is 2.28. The summed E-state index contributed by atoms with van der Waals surface area (Å²) in [6, 6.07) is 15.9. The van der Waals surface area contributed by atoms with Crippen molar-refractivity contribution in [1.82, 2.24) is 37.3 Å². The summed E-state index contributed by atoms with van der Waals surface area (Å²) < 4.78 is 34.0. The van der Waals surface area contributed by atoms with E-state index in [9.17, 15) is 9.59 Å². The van der Waals surface area contributed by atoms with Gasteiger partial charge in [-0.25, -0.2) is 19.6 Å². The number of hydrogen-bond acceptors (Lipinski definition) is 20. The van der Waals surface area contributed by atoms with Crippen LogP contribution in [0.4, 0.5) is 0 Å². The van der Waals surface area contributed by atoms with E-state index in [4.69, 9.17) is 19.4 Å². The molecular weight excluding hydrogens is 937 g/mol. The summed E-state index contributed by atoms with van der Waals surface area (Å²) >= 11 is 11.8. The fourth-order valence-electron chi connectivity index (χ4n) is 6.88. The molecule has 0 spiro atoms. The van der Waals surface area contributed by atoms with Crippen molar-refractivity contribution in [2.45, 2.75) is 81.0 Å². The van der Waals surface area contributed by atoms with E-state index in [2.05, 4.69) is 53.5 Å². The van der Waals surface area contributed by atoms with E-state index >= 15 is 0 Å². The van der Waals surface area contributed by atoms with E-state index in [0.29, 0.717) is 12.8 Å². The summed E-state index contributed by atoms with van der Waals surface area (Å²) in [5.41, 5.74) is 4.98. The van der Waals surface area contributed by atoms with Crippen LogP contribution < -0.4 is 0 Å². The number of carbonyl (C=O) groups excluding carboxylic acids is 2. The summed E-state index contributed by atoms with van der Waals surface area (Å²) in [5, 5.41) is 1.93. The van der Waals surface area contributed by atoms with Crippen LogP contribution in [0.5, 0.6) is 0 Å². The Morgan fingerprint density at radius 1 is 0.645 bits per heavy atom. The summed E-state index contributed by atoms with van der Waals surface area (Å²) in [4.78, 5) is 41.3. The Kier molecular flexibility index (Phi) is 16.8. The van der Waals surface area contributed by atoms with Gasteiger partial charge in [0, 0.05) is 26.2 Å². The molecule has 62 heavy (non-hydrogen) atoms. The lowest BCUT2D eigenvalue weighted by molar-refractivity contribution is -0.169. The third-order valence-electron chi connectivity index (χ3n) is 10.0. The van der Waals surface area contributed by atoms with Gasteiger partial charge in [0.25, 0.3) is 0 Å². The maximum atomic E-state index is 13.6. The summed E-state index contributed by atoms with van der Waals surface area (Å²) in [6.45, 7) is 3.86. The van der Waals surface area contributed by atoms with Gasteiger partial charge in [-0.15, -0.1) is 46.2 Å². The van der Waals surface area contributed by atoms with Gasteiger partial charge in [0.15, 0.2) is 19.6 Å². The quantitative estimate of drug-likeness (QED) is 0.0236. The molecule has 6 aromatic rings. The monoisotopic (exact) mass is 982 g/mol. The molecule has 0 aliphatic carbocycles. The second-order valence-corrected chi connectivity index (χ2v) is 22.9. The minimum Gasteiger partial charge on any atom is -0.442 e. The molecule has 0 saturated carbocycles. The minimum atomic E-state index is -1.00. The normalized spacial score (nSPS) is 16.0. The minimum absolute atomic E-state index is 0.546. The van der Waals surface area contributed by atoms with Gasteiger partial charge in [-0.3, -0.25) is 0 Å². The van der Waals surface area contributed by atoms with E-state index in [-0.39, 0.29) is 0 Å². The third kappa shape index (κ3) is 12.7. The van der Waals surface area contributed by atoms with Crippen molar-refractivity contribution in [1.29, 1.82) is 0 Å². The predicted octanol–water partition coefficient (Wildman–Crippen LogP) is 10.6. The SMILES string of the molecule is CN1CCC=C(c2nsnc2SCCCCC(OC(=O)C(=O)OC(CCCCSc2nsnc2C2=CCCN(C)C2)Sc2nc3ccccc3s2)Sc2nc3ccccc3s2)C1. The first-order valence-corrected chi connectivity index (χ1v) is 27.3. The van der Waals surface area contributed by atoms with E-state index < -0.39 is 22.8 Å². The van der Waals surface area contributed by atoms with Crippen LogP contribution in [0.2, 0.25) is 0 Å². The lowest BCUT2D eigenvalue weighted by Crippen LogP contribution is -2.27. The van der Waals surface area contributed by atoms with Gasteiger partial charge in [-0.1, -0.05) is 59.9 Å². The number of aromatic nitrogens is 6. The molecule has 2 aliphatic rings. The van der Waals surface area contributed by atoms with Crippen molar-refractivity contribution in [2.24, 2.45) is 0 Å². The molecule has 12 nitrogen and oxygen atoms in total. The maximum absolute atomic E-state index is 13.6. The number of fused-ring (bicyclic) bond motifs is 2. The van der Waals surface area contributed by atoms with Gasteiger partial charge in [0.05, 0.1) is 43.9 Å². The van der Waals surface area contributed by atoms with Crippen molar-refractivity contribution in [3.63, 3.8) is 0 Å². The molecule has 0 amide bonds. The fraction of sp³-hybridized carbons (Fsp3) is 0.429. The van der Waals surface area contributed by atoms with Gasteiger partial charge >= 0.3 is 11.9 Å². The van der Waals surface area contributed by atoms with Crippen LogP contribution >= 0.6 is 93.2 Å². The molecular formula is C42H46N8O4S8. The number of unbranched alkanes of at least 4 members (excludes halogenated alkanes) is 2. The predicted molar refractivity (Wildman–Crippen MR) is 260 cm³/mol. The zero-order chi connectivity index (χ0) is 42.7. The van der Waals surface area contributed by atoms with Crippen molar-refractivity contribution < 1.29 is 19.1 Å². The first kappa shape index (κ1) is 45.6. The molecule has 4 aromatic heterocycles. The zero-order valence-electron chi connectivity index (χ0n) is 34.3. The number of nitrogens with zero attached hydrogens (tertiary/aromatic N) is 8. The molecule has 2 aliphatic heterocycles. The van der Waals surface area contributed by atoms with Crippen LogP contribution in [0.1, 0.15) is 62.8 Å². The van der Waals surface area contributed by atoms with Gasteiger partial charge in [0.1, 0.15) is 21.4 Å². The molecule has 0 saturated heterocycles. The molecule has 20 heteroatoms. The fourth-order valence-corrected chi connectivity index (χ4v) is 14.9. The van der Waals surface area contributed by atoms with Crippen LogP contribution in [-0.2, 0) is 19.1 Å². The average molecular weight is 983 g/mol. The highest BCUT2D eigenvalue weighted by atomic mass is 32.2. The van der Waals surface area contributed by atoms with Crippen LogP contribution in [-0.4, -0.2) is 112 Å². The molecule has 0 fully saturated rings. The second kappa shape index (κ2) is 22.8. The number of thioether (sulfide) groups is 4. The average Bonchev–Trinajstić information content (AvgIpc) is 4.10. The number of para-hydroxylation sites is 2. The number of rotatable bonds is 20. The summed E-state index contributed by atoms with van der Waals surface area (Å²) in [7, 11) is 4.26. The third-order valence-corrected chi connectivity index (χ3v) is 17.9. The summed E-state index contributed by atoms with van der Waals surface area (Å²) in [6.07, 6.45) is 11.0. The first-order chi connectivity index (χ1) is 30.3. The Labute approximate surface area is 394 Å². The molecule has 0 N–H and O–H groups in total. The Morgan fingerprint density at radius 3 is 1.53 bits per heavy atom. The molecule has 326 valence electrons. The number of esters is 2. The highest BCUT2D eigenvalue weighted by Crippen LogP contribution is 2.37. The molecule has 2 unspecified atom stereocenters. The van der Waals surface area contributed by atoms with Crippen molar-refractivity contribution in [2.75, 3.05) is 51.8 Å². The number of carbonyl (C=O) groups is 2. The summed E-state index contributed by atoms with van der Waals surface area (Å²) in [5.74, 6) is -0.315. The van der Waals surface area contributed by atoms with Crippen LogP contribution in [0.15, 0.2) is 79.4 Å². The van der Waals surface area contributed by atoms with Crippen molar-refractivity contribution in [3.8, 4) is 0 Å². The molecule has 8 rings (SSSR count). The topological polar surface area (TPSA) is 136 Å². The van der Waals surface area contributed by atoms with Gasteiger partial charge in [-0.05, 0) is 112 Å². The lowest BCUT2D eigenvalue weighted by atomic mass is 10.1. The number of hydrogen-bond donors (Lipinski definition) is 0. The molecule has 2 atom stereocenters. The van der Waals surface area contributed by atoms with Crippen LogP contribution in [0.3, 0.4) is 0 Å². The Balaban J connectivity index is 0.878. The van der Waals surface area contributed by atoms with Gasteiger partial charge < -0.3 is 19.3 Å². The number of benzene rings is 2. The number of thiazole rings is 2. The van der Waals surface area contributed by atoms with E-state index in [1.54, 1.807) is 46.2 Å². The van der Waals surface area contributed by atoms with Crippen LogP contribution in [0, 0.1) is 0 Å². The van der Waals surface area contributed by atoms with Gasteiger partial charge in [-0.2, -0.15) is 17.5 Å². The lowest BCUT2D eigenvalue weighted by Gasteiger charge is -2.22. The Bertz CT molecular complexity index is 2260. The van der Waals surface area contributed by atoms with Crippen LogP contribution in [0.25, 0.3) is 31.6 Å². The van der Waals surface area contributed by atoms with Crippen molar-refractivity contribution in [3.05, 3.63) is 72.1 Å². The van der Waals surface area contributed by atoms with Crippen molar-refractivity contribution >= 4 is 137 Å².